The summed E-state index contributed by atoms with van der Waals surface area (Å²) in [5.74, 6) is -0.0128. The van der Waals surface area contributed by atoms with Crippen molar-refractivity contribution in [2.24, 2.45) is 10.8 Å². The Labute approximate surface area is 121 Å². The fourth-order valence-electron chi connectivity index (χ4n) is 2.13. The monoisotopic (exact) mass is 284 g/mol. The van der Waals surface area contributed by atoms with Crippen LogP contribution in [-0.2, 0) is 9.59 Å². The van der Waals surface area contributed by atoms with E-state index in [1.54, 1.807) is 0 Å². The molecule has 2 atom stereocenters. The van der Waals surface area contributed by atoms with Gasteiger partial charge >= 0.3 is 0 Å². The van der Waals surface area contributed by atoms with Crippen LogP contribution >= 0.6 is 0 Å². The Morgan fingerprint density at radius 2 is 1.90 bits per heavy atom. The molecule has 0 saturated heterocycles. The number of amides is 2. The molecule has 2 amide bonds. The molecule has 5 heteroatoms. The molecular weight excluding hydrogens is 256 g/mol. The molecule has 0 radical (unpaired) electrons. The smallest absolute Gasteiger partial charge is 0.225 e. The third kappa shape index (κ3) is 4.20. The predicted molar refractivity (Wildman–Crippen MR) is 78.0 cm³/mol. The van der Waals surface area contributed by atoms with Gasteiger partial charge in [0, 0.05) is 29.8 Å². The maximum Gasteiger partial charge on any atom is 0.225 e. The molecule has 2 unspecified atom stereocenters. The summed E-state index contributed by atoms with van der Waals surface area (Å²) in [5, 5.41) is 15.4. The number of rotatable bonds is 5. The van der Waals surface area contributed by atoms with Crippen LogP contribution in [-0.4, -0.2) is 35.6 Å². The van der Waals surface area contributed by atoms with E-state index >= 15 is 0 Å². The molecule has 0 bridgehead atoms. The lowest BCUT2D eigenvalue weighted by molar-refractivity contribution is -0.130. The van der Waals surface area contributed by atoms with Crippen LogP contribution < -0.4 is 10.6 Å². The quantitative estimate of drug-likeness (QED) is 0.664. The van der Waals surface area contributed by atoms with Gasteiger partial charge in [0.1, 0.15) is 0 Å². The first-order valence-corrected chi connectivity index (χ1v) is 7.31. The fraction of sp³-hybridized carbons (Fsp3) is 0.867. The lowest BCUT2D eigenvalue weighted by Crippen LogP contribution is -2.61. The van der Waals surface area contributed by atoms with Crippen molar-refractivity contribution < 1.29 is 14.7 Å². The van der Waals surface area contributed by atoms with Crippen LogP contribution in [0.4, 0.5) is 0 Å². The minimum atomic E-state index is -0.394. The maximum atomic E-state index is 11.8. The van der Waals surface area contributed by atoms with Gasteiger partial charge in [0.05, 0.1) is 6.10 Å². The molecule has 116 valence electrons. The molecule has 3 N–H and O–H groups in total. The highest BCUT2D eigenvalue weighted by Crippen LogP contribution is 2.40. The SMILES string of the molecule is CC(C)(C)C(=O)NCCCC(=O)NC1CC(O)C1(C)C. The summed E-state index contributed by atoms with van der Waals surface area (Å²) in [6.07, 6.45) is 1.31. The number of nitrogens with one attached hydrogen (secondary N) is 2. The lowest BCUT2D eigenvalue weighted by Gasteiger charge is -2.49. The van der Waals surface area contributed by atoms with Gasteiger partial charge in [-0.2, -0.15) is 0 Å². The van der Waals surface area contributed by atoms with Gasteiger partial charge in [-0.05, 0) is 12.8 Å². The van der Waals surface area contributed by atoms with E-state index in [1.807, 2.05) is 34.6 Å². The van der Waals surface area contributed by atoms with Crippen molar-refractivity contribution in [1.29, 1.82) is 0 Å². The highest BCUT2D eigenvalue weighted by molar-refractivity contribution is 5.81. The van der Waals surface area contributed by atoms with E-state index in [0.717, 1.165) is 0 Å². The van der Waals surface area contributed by atoms with E-state index in [0.29, 0.717) is 25.8 Å². The summed E-state index contributed by atoms with van der Waals surface area (Å²) in [6, 6.07) is 0.0502. The third-order valence-corrected chi connectivity index (χ3v) is 4.10. The van der Waals surface area contributed by atoms with E-state index in [-0.39, 0.29) is 29.4 Å². The summed E-state index contributed by atoms with van der Waals surface area (Å²) in [7, 11) is 0. The zero-order valence-electron chi connectivity index (χ0n) is 13.2. The van der Waals surface area contributed by atoms with E-state index < -0.39 is 5.41 Å². The van der Waals surface area contributed by atoms with E-state index in [2.05, 4.69) is 10.6 Å². The van der Waals surface area contributed by atoms with Crippen molar-refractivity contribution in [3.05, 3.63) is 0 Å². The zero-order valence-corrected chi connectivity index (χ0v) is 13.2. The van der Waals surface area contributed by atoms with Crippen molar-refractivity contribution in [2.45, 2.75) is 66.0 Å². The van der Waals surface area contributed by atoms with Crippen molar-refractivity contribution in [1.82, 2.24) is 10.6 Å². The van der Waals surface area contributed by atoms with Crippen LogP contribution in [0.2, 0.25) is 0 Å². The van der Waals surface area contributed by atoms with Crippen molar-refractivity contribution in [3.63, 3.8) is 0 Å². The summed E-state index contributed by atoms with van der Waals surface area (Å²) in [6.45, 7) is 10.0. The Morgan fingerprint density at radius 1 is 1.30 bits per heavy atom. The average molecular weight is 284 g/mol. The van der Waals surface area contributed by atoms with Gasteiger partial charge in [-0.3, -0.25) is 9.59 Å². The van der Waals surface area contributed by atoms with Gasteiger partial charge in [0.2, 0.25) is 11.8 Å². The summed E-state index contributed by atoms with van der Waals surface area (Å²) >= 11 is 0. The number of carbonyl (C=O) groups excluding carboxylic acids is 2. The van der Waals surface area contributed by atoms with Crippen LogP contribution in [0.25, 0.3) is 0 Å². The number of aliphatic hydroxyl groups excluding tert-OH is 1. The average Bonchev–Trinajstić information content (AvgIpc) is 2.32. The Bertz CT molecular complexity index is 372. The van der Waals surface area contributed by atoms with Crippen molar-refractivity contribution >= 4 is 11.8 Å². The highest BCUT2D eigenvalue weighted by atomic mass is 16.3. The minimum absolute atomic E-state index is 0.00107. The topological polar surface area (TPSA) is 78.4 Å². The van der Waals surface area contributed by atoms with Crippen LogP contribution in [0.15, 0.2) is 0 Å². The Kier molecular flexibility index (Phi) is 5.19. The Hall–Kier alpha value is -1.10. The zero-order chi connectivity index (χ0) is 15.6. The normalized spacial score (nSPS) is 24.7. The highest BCUT2D eigenvalue weighted by Gasteiger charge is 2.47. The van der Waals surface area contributed by atoms with Gasteiger partial charge in [0.25, 0.3) is 0 Å². The van der Waals surface area contributed by atoms with Crippen LogP contribution in [0.1, 0.15) is 53.9 Å². The number of carbonyl (C=O) groups is 2. The van der Waals surface area contributed by atoms with E-state index in [4.69, 9.17) is 0 Å². The molecule has 0 aliphatic heterocycles. The summed E-state index contributed by atoms with van der Waals surface area (Å²) in [5.41, 5.74) is -0.634. The second kappa shape index (κ2) is 6.12. The maximum absolute atomic E-state index is 11.8. The fourth-order valence-corrected chi connectivity index (χ4v) is 2.13. The third-order valence-electron chi connectivity index (χ3n) is 4.10. The standard InChI is InChI=1S/C15H28N2O3/c1-14(2,3)13(20)16-8-6-7-12(19)17-10-9-11(18)15(10,4)5/h10-11,18H,6-9H2,1-5H3,(H,16,20)(H,17,19). The van der Waals surface area contributed by atoms with Gasteiger partial charge in [0.15, 0.2) is 0 Å². The van der Waals surface area contributed by atoms with Crippen LogP contribution in [0, 0.1) is 10.8 Å². The first-order valence-electron chi connectivity index (χ1n) is 7.31. The van der Waals surface area contributed by atoms with Gasteiger partial charge in [-0.15, -0.1) is 0 Å². The molecular formula is C15H28N2O3. The van der Waals surface area contributed by atoms with Gasteiger partial charge in [-0.25, -0.2) is 0 Å². The van der Waals surface area contributed by atoms with E-state index in [9.17, 15) is 14.7 Å². The molecule has 1 aliphatic rings. The first-order chi connectivity index (χ1) is 9.05. The molecule has 1 fully saturated rings. The molecule has 0 spiro atoms. The van der Waals surface area contributed by atoms with E-state index in [1.165, 1.54) is 0 Å². The molecule has 0 aromatic rings. The van der Waals surface area contributed by atoms with Crippen LogP contribution in [0.3, 0.4) is 0 Å². The second-order valence-electron chi connectivity index (χ2n) is 7.30. The van der Waals surface area contributed by atoms with Gasteiger partial charge in [-0.1, -0.05) is 34.6 Å². The first kappa shape index (κ1) is 17.0. The molecule has 0 heterocycles. The van der Waals surface area contributed by atoms with Crippen molar-refractivity contribution in [2.75, 3.05) is 6.54 Å². The summed E-state index contributed by atoms with van der Waals surface area (Å²) in [4.78, 5) is 23.4. The summed E-state index contributed by atoms with van der Waals surface area (Å²) < 4.78 is 0. The number of hydrogen-bond acceptors (Lipinski definition) is 3. The second-order valence-corrected chi connectivity index (χ2v) is 7.30. The predicted octanol–water partition coefficient (Wildman–Crippen LogP) is 1.20. The van der Waals surface area contributed by atoms with Crippen molar-refractivity contribution in [3.8, 4) is 0 Å². The molecule has 1 rings (SSSR count). The molecule has 5 nitrogen and oxygen atoms in total. The molecule has 1 saturated carbocycles. The Balaban J connectivity index is 2.17. The lowest BCUT2D eigenvalue weighted by atomic mass is 9.64. The molecule has 20 heavy (non-hydrogen) atoms. The number of hydrogen-bond donors (Lipinski definition) is 3. The largest absolute Gasteiger partial charge is 0.392 e. The van der Waals surface area contributed by atoms with Crippen LogP contribution in [0.5, 0.6) is 0 Å². The molecule has 0 aromatic heterocycles. The molecule has 0 aromatic carbocycles. The minimum Gasteiger partial charge on any atom is -0.392 e. The number of aliphatic hydroxyl groups is 1. The molecule has 1 aliphatic carbocycles. The van der Waals surface area contributed by atoms with Gasteiger partial charge < -0.3 is 15.7 Å². The Morgan fingerprint density at radius 3 is 2.35 bits per heavy atom.